The molecule has 0 nitrogen and oxygen atoms in total. The van der Waals surface area contributed by atoms with Gasteiger partial charge >= 0.3 is 0 Å². The molecule has 0 amide bonds. The minimum absolute atomic E-state index is 0.783. The first-order valence-electron chi connectivity index (χ1n) is 6.35. The van der Waals surface area contributed by atoms with Gasteiger partial charge in [0.25, 0.3) is 0 Å². The molecule has 0 radical (unpaired) electrons. The van der Waals surface area contributed by atoms with Gasteiger partial charge in [-0.3, -0.25) is 0 Å². The normalized spacial score (nSPS) is 40.8. The fraction of sp³-hybridized carbons (Fsp3) is 1.00. The summed E-state index contributed by atoms with van der Waals surface area (Å²) >= 11 is 0. The number of hydrogen-bond donors (Lipinski definition) is 0. The van der Waals surface area contributed by atoms with E-state index in [2.05, 4.69) is 6.92 Å². The molecule has 3 fully saturated rings. The van der Waals surface area contributed by atoms with Gasteiger partial charge in [0, 0.05) is 0 Å². The maximum Gasteiger partial charge on any atom is -0.0300 e. The molecule has 0 saturated heterocycles. The summed E-state index contributed by atoms with van der Waals surface area (Å²) in [4.78, 5) is 0. The Kier molecular flexibility index (Phi) is 2.96. The Morgan fingerprint density at radius 2 is 1.38 bits per heavy atom. The van der Waals surface area contributed by atoms with Crippen molar-refractivity contribution < 1.29 is 0 Å². The number of hydrogen-bond acceptors (Lipinski definition) is 0. The van der Waals surface area contributed by atoms with Gasteiger partial charge in [0.2, 0.25) is 0 Å². The first-order chi connectivity index (χ1) is 6.35. The number of fused-ring (bicyclic) bond motifs is 6. The summed E-state index contributed by atoms with van der Waals surface area (Å²) in [6.07, 6.45) is 15.3. The fourth-order valence-corrected chi connectivity index (χ4v) is 3.64. The molecule has 0 atom stereocenters. The van der Waals surface area contributed by atoms with Gasteiger partial charge in [-0.2, -0.15) is 0 Å². The Bertz CT molecular complexity index is 133. The van der Waals surface area contributed by atoms with E-state index in [-0.39, 0.29) is 0 Å². The van der Waals surface area contributed by atoms with Crippen LogP contribution in [0.5, 0.6) is 0 Å². The molecule has 0 heteroatoms. The summed E-state index contributed by atoms with van der Waals surface area (Å²) in [6, 6.07) is 0. The molecule has 0 aromatic rings. The third-order valence-electron chi connectivity index (χ3n) is 4.71. The molecular weight excluding hydrogens is 156 g/mol. The lowest BCUT2D eigenvalue weighted by atomic mass is 9.66. The summed E-state index contributed by atoms with van der Waals surface area (Å²) in [5.41, 5.74) is 0.783. The molecular formula is C13H24. The summed E-state index contributed by atoms with van der Waals surface area (Å²) in [5, 5.41) is 0. The van der Waals surface area contributed by atoms with Crippen LogP contribution in [0.3, 0.4) is 0 Å². The second-order valence-corrected chi connectivity index (χ2v) is 5.40. The molecule has 13 heavy (non-hydrogen) atoms. The molecule has 0 aromatic carbocycles. The van der Waals surface area contributed by atoms with Crippen LogP contribution in [0.25, 0.3) is 0 Å². The van der Waals surface area contributed by atoms with Gasteiger partial charge in [-0.05, 0) is 30.6 Å². The highest BCUT2D eigenvalue weighted by Crippen LogP contribution is 2.45. The average Bonchev–Trinajstić information content (AvgIpc) is 2.01. The molecule has 3 aliphatic rings. The third-order valence-corrected chi connectivity index (χ3v) is 4.71. The zero-order valence-corrected chi connectivity index (χ0v) is 9.15. The molecule has 0 unspecified atom stereocenters. The topological polar surface area (TPSA) is 0 Å². The highest BCUT2D eigenvalue weighted by atomic mass is 14.4. The van der Waals surface area contributed by atoms with Gasteiger partial charge in [0.05, 0.1) is 0 Å². The Labute approximate surface area is 83.1 Å². The second-order valence-electron chi connectivity index (χ2n) is 5.40. The van der Waals surface area contributed by atoms with E-state index >= 15 is 0 Å². The lowest BCUT2D eigenvalue weighted by Crippen LogP contribution is -2.25. The van der Waals surface area contributed by atoms with Gasteiger partial charge < -0.3 is 0 Å². The zero-order chi connectivity index (χ0) is 9.15. The van der Waals surface area contributed by atoms with Gasteiger partial charge in [-0.25, -0.2) is 0 Å². The average molecular weight is 180 g/mol. The Morgan fingerprint density at radius 1 is 0.923 bits per heavy atom. The monoisotopic (exact) mass is 180 g/mol. The minimum Gasteiger partial charge on any atom is -0.0649 e. The molecule has 0 heterocycles. The maximum absolute atomic E-state index is 2.42. The van der Waals surface area contributed by atoms with Crippen LogP contribution in [-0.4, -0.2) is 0 Å². The van der Waals surface area contributed by atoms with E-state index < -0.39 is 0 Å². The highest BCUT2D eigenvalue weighted by Gasteiger charge is 2.31. The molecule has 0 aromatic heterocycles. The van der Waals surface area contributed by atoms with Gasteiger partial charge in [-0.15, -0.1) is 0 Å². The van der Waals surface area contributed by atoms with Crippen LogP contribution in [0.1, 0.15) is 71.1 Å². The van der Waals surface area contributed by atoms with Crippen molar-refractivity contribution >= 4 is 0 Å². The van der Waals surface area contributed by atoms with Crippen molar-refractivity contribution in [2.24, 2.45) is 11.3 Å². The van der Waals surface area contributed by atoms with Crippen LogP contribution in [0.15, 0.2) is 0 Å². The van der Waals surface area contributed by atoms with Crippen molar-refractivity contribution in [2.75, 3.05) is 0 Å². The first-order valence-corrected chi connectivity index (χ1v) is 6.35. The Hall–Kier alpha value is 0. The van der Waals surface area contributed by atoms with E-state index in [1.807, 2.05) is 0 Å². The summed E-state index contributed by atoms with van der Waals surface area (Å²) in [7, 11) is 0. The van der Waals surface area contributed by atoms with Gasteiger partial charge in [-0.1, -0.05) is 51.9 Å². The van der Waals surface area contributed by atoms with E-state index in [0.29, 0.717) is 0 Å². The molecule has 0 spiro atoms. The third kappa shape index (κ3) is 2.08. The van der Waals surface area contributed by atoms with Crippen molar-refractivity contribution in [3.63, 3.8) is 0 Å². The fourth-order valence-electron chi connectivity index (χ4n) is 3.64. The van der Waals surface area contributed by atoms with Gasteiger partial charge in [0.15, 0.2) is 0 Å². The van der Waals surface area contributed by atoms with Crippen LogP contribution in [-0.2, 0) is 0 Å². The molecule has 0 N–H and O–H groups in total. The smallest absolute Gasteiger partial charge is 0.0300 e. The molecule has 3 saturated carbocycles. The minimum atomic E-state index is 0.783. The van der Waals surface area contributed by atoms with Crippen LogP contribution in [0.2, 0.25) is 0 Å². The lowest BCUT2D eigenvalue weighted by molar-refractivity contribution is 0.132. The summed E-state index contributed by atoms with van der Waals surface area (Å²) < 4.78 is 0. The standard InChI is InChI=1S/C13H24/c1-2-13-9-3-6-12(7-4-10-13)8-5-11-13/h12H,2-11H2,1H3. The van der Waals surface area contributed by atoms with Crippen LogP contribution in [0.4, 0.5) is 0 Å². The second kappa shape index (κ2) is 4.02. The largest absolute Gasteiger partial charge is 0.0649 e. The molecule has 3 aliphatic carbocycles. The zero-order valence-electron chi connectivity index (χ0n) is 9.15. The SMILES string of the molecule is CCC12CCCC(CCC1)CCC2. The molecule has 0 aliphatic heterocycles. The van der Waals surface area contributed by atoms with Crippen molar-refractivity contribution in [3.8, 4) is 0 Å². The Morgan fingerprint density at radius 3 is 1.77 bits per heavy atom. The predicted octanol–water partition coefficient (Wildman–Crippen LogP) is 4.54. The quantitative estimate of drug-likeness (QED) is 0.556. The Balaban J connectivity index is 2.07. The van der Waals surface area contributed by atoms with Crippen molar-refractivity contribution in [3.05, 3.63) is 0 Å². The molecule has 2 bridgehead atoms. The molecule has 76 valence electrons. The summed E-state index contributed by atoms with van der Waals surface area (Å²) in [5.74, 6) is 1.11. The predicted molar refractivity (Wildman–Crippen MR) is 57.8 cm³/mol. The van der Waals surface area contributed by atoms with Crippen LogP contribution >= 0.6 is 0 Å². The van der Waals surface area contributed by atoms with Crippen molar-refractivity contribution in [2.45, 2.75) is 71.1 Å². The van der Waals surface area contributed by atoms with E-state index in [9.17, 15) is 0 Å². The maximum atomic E-state index is 2.42. The van der Waals surface area contributed by atoms with E-state index in [1.165, 1.54) is 25.7 Å². The highest BCUT2D eigenvalue weighted by molar-refractivity contribution is 4.84. The van der Waals surface area contributed by atoms with E-state index in [1.54, 1.807) is 38.5 Å². The van der Waals surface area contributed by atoms with Gasteiger partial charge in [0.1, 0.15) is 0 Å². The van der Waals surface area contributed by atoms with Crippen molar-refractivity contribution in [1.29, 1.82) is 0 Å². The lowest BCUT2D eigenvalue weighted by Gasteiger charge is -2.39. The molecule has 3 rings (SSSR count). The van der Waals surface area contributed by atoms with Crippen LogP contribution in [0, 0.1) is 11.3 Å². The van der Waals surface area contributed by atoms with Crippen molar-refractivity contribution in [1.82, 2.24) is 0 Å². The van der Waals surface area contributed by atoms with E-state index in [4.69, 9.17) is 0 Å². The summed E-state index contributed by atoms with van der Waals surface area (Å²) in [6.45, 7) is 2.42. The first kappa shape index (κ1) is 9.55. The van der Waals surface area contributed by atoms with Crippen LogP contribution < -0.4 is 0 Å². The van der Waals surface area contributed by atoms with E-state index in [0.717, 1.165) is 11.3 Å². The number of rotatable bonds is 1.